The number of pyridine rings is 1. The maximum atomic E-state index is 11.6. The molecular weight excluding hydrogens is 248 g/mol. The van der Waals surface area contributed by atoms with E-state index in [9.17, 15) is 9.59 Å². The molecule has 19 heavy (non-hydrogen) atoms. The van der Waals surface area contributed by atoms with Crippen LogP contribution in [0.4, 0.5) is 0 Å². The summed E-state index contributed by atoms with van der Waals surface area (Å²) in [5, 5.41) is 11.3. The molecule has 0 aliphatic rings. The number of hydrogen-bond donors (Lipinski definition) is 2. The van der Waals surface area contributed by atoms with E-state index in [4.69, 9.17) is 9.52 Å². The Hall–Kier alpha value is -2.63. The van der Waals surface area contributed by atoms with E-state index >= 15 is 0 Å². The molecule has 1 amide bonds. The van der Waals surface area contributed by atoms with E-state index < -0.39 is 5.97 Å². The Labute approximate surface area is 109 Å². The van der Waals surface area contributed by atoms with E-state index in [0.29, 0.717) is 5.76 Å². The standard InChI is InChI=1S/C13H12N2O4/c16-12(6-9-2-1-5-14-7-9)15-8-10-3-4-11(19-10)13(17)18/h1-5,7H,6,8H2,(H,15,16)(H,17,18). The van der Waals surface area contributed by atoms with E-state index in [0.717, 1.165) is 5.56 Å². The van der Waals surface area contributed by atoms with Crippen LogP contribution in [0, 0.1) is 0 Å². The highest BCUT2D eigenvalue weighted by molar-refractivity contribution is 5.84. The molecule has 2 heterocycles. The van der Waals surface area contributed by atoms with E-state index in [1.807, 2.05) is 6.07 Å². The van der Waals surface area contributed by atoms with Crippen LogP contribution in [0.5, 0.6) is 0 Å². The molecule has 0 atom stereocenters. The zero-order valence-electron chi connectivity index (χ0n) is 10.00. The number of nitrogens with zero attached hydrogens (tertiary/aromatic N) is 1. The van der Waals surface area contributed by atoms with Crippen molar-refractivity contribution < 1.29 is 19.1 Å². The minimum Gasteiger partial charge on any atom is -0.475 e. The summed E-state index contributed by atoms with van der Waals surface area (Å²) in [6, 6.07) is 6.44. The van der Waals surface area contributed by atoms with E-state index in [2.05, 4.69) is 10.3 Å². The van der Waals surface area contributed by atoms with Crippen molar-refractivity contribution in [2.24, 2.45) is 0 Å². The van der Waals surface area contributed by atoms with Crippen molar-refractivity contribution in [2.75, 3.05) is 0 Å². The molecule has 0 saturated carbocycles. The molecule has 0 aliphatic heterocycles. The van der Waals surface area contributed by atoms with Crippen LogP contribution >= 0.6 is 0 Å². The average molecular weight is 260 g/mol. The molecule has 0 aliphatic carbocycles. The number of carboxylic acid groups (broad SMARTS) is 1. The molecule has 6 nitrogen and oxygen atoms in total. The van der Waals surface area contributed by atoms with Gasteiger partial charge in [0.25, 0.3) is 0 Å². The second-order valence-corrected chi connectivity index (χ2v) is 3.89. The zero-order valence-corrected chi connectivity index (χ0v) is 10.00. The van der Waals surface area contributed by atoms with Gasteiger partial charge in [-0.15, -0.1) is 0 Å². The summed E-state index contributed by atoms with van der Waals surface area (Å²) < 4.78 is 5.02. The lowest BCUT2D eigenvalue weighted by molar-refractivity contribution is -0.120. The number of rotatable bonds is 5. The van der Waals surface area contributed by atoms with E-state index in [1.54, 1.807) is 18.5 Å². The molecule has 2 aromatic heterocycles. The molecule has 0 fully saturated rings. The fourth-order valence-electron chi connectivity index (χ4n) is 1.52. The van der Waals surface area contributed by atoms with Gasteiger partial charge in [0.05, 0.1) is 13.0 Å². The Morgan fingerprint density at radius 2 is 2.16 bits per heavy atom. The smallest absolute Gasteiger partial charge is 0.371 e. The molecule has 0 saturated heterocycles. The third kappa shape index (κ3) is 3.67. The summed E-state index contributed by atoms with van der Waals surface area (Å²) in [4.78, 5) is 26.2. The number of furan rings is 1. The zero-order chi connectivity index (χ0) is 13.7. The van der Waals surface area contributed by atoms with Crippen molar-refractivity contribution in [1.29, 1.82) is 0 Å². The quantitative estimate of drug-likeness (QED) is 0.843. The second-order valence-electron chi connectivity index (χ2n) is 3.89. The van der Waals surface area contributed by atoms with Crippen LogP contribution in [-0.4, -0.2) is 22.0 Å². The molecular formula is C13H12N2O4. The number of amides is 1. The normalized spacial score (nSPS) is 10.1. The van der Waals surface area contributed by atoms with Crippen molar-refractivity contribution >= 4 is 11.9 Å². The van der Waals surface area contributed by atoms with Gasteiger partial charge in [0, 0.05) is 12.4 Å². The summed E-state index contributed by atoms with van der Waals surface area (Å²) in [5.41, 5.74) is 0.811. The number of hydrogen-bond acceptors (Lipinski definition) is 4. The van der Waals surface area contributed by atoms with Crippen molar-refractivity contribution in [3.8, 4) is 0 Å². The number of nitrogens with one attached hydrogen (secondary N) is 1. The number of carbonyl (C=O) groups excluding carboxylic acids is 1. The third-order valence-electron chi connectivity index (χ3n) is 2.42. The second kappa shape index (κ2) is 5.81. The molecule has 0 unspecified atom stereocenters. The van der Waals surface area contributed by atoms with Gasteiger partial charge >= 0.3 is 5.97 Å². The Bertz CT molecular complexity index is 577. The van der Waals surface area contributed by atoms with Crippen LogP contribution in [0.15, 0.2) is 41.1 Å². The van der Waals surface area contributed by atoms with Crippen molar-refractivity contribution in [3.05, 3.63) is 53.7 Å². The number of carboxylic acids is 1. The molecule has 0 aromatic carbocycles. The van der Waals surface area contributed by atoms with Crippen LogP contribution in [-0.2, 0) is 17.8 Å². The summed E-state index contributed by atoms with van der Waals surface area (Å²) >= 11 is 0. The minimum absolute atomic E-state index is 0.142. The largest absolute Gasteiger partial charge is 0.475 e. The molecule has 98 valence electrons. The predicted octanol–water partition coefficient (Wildman–Crippen LogP) is 1.23. The van der Waals surface area contributed by atoms with Crippen LogP contribution in [0.3, 0.4) is 0 Å². The van der Waals surface area contributed by atoms with Gasteiger partial charge < -0.3 is 14.8 Å². The van der Waals surface area contributed by atoms with Crippen LogP contribution in [0.25, 0.3) is 0 Å². The van der Waals surface area contributed by atoms with Gasteiger partial charge in [-0.2, -0.15) is 0 Å². The number of aromatic carboxylic acids is 1. The molecule has 0 bridgehead atoms. The highest BCUT2D eigenvalue weighted by Crippen LogP contribution is 2.07. The van der Waals surface area contributed by atoms with E-state index in [-0.39, 0.29) is 24.6 Å². The lowest BCUT2D eigenvalue weighted by atomic mass is 10.2. The van der Waals surface area contributed by atoms with Gasteiger partial charge in [-0.25, -0.2) is 4.79 Å². The number of carbonyl (C=O) groups is 2. The van der Waals surface area contributed by atoms with Gasteiger partial charge in [0.1, 0.15) is 5.76 Å². The number of aromatic nitrogens is 1. The van der Waals surface area contributed by atoms with Crippen LogP contribution < -0.4 is 5.32 Å². The Morgan fingerprint density at radius 1 is 1.32 bits per heavy atom. The van der Waals surface area contributed by atoms with Gasteiger partial charge in [-0.3, -0.25) is 9.78 Å². The first-order valence-corrected chi connectivity index (χ1v) is 5.63. The van der Waals surface area contributed by atoms with Crippen molar-refractivity contribution in [3.63, 3.8) is 0 Å². The average Bonchev–Trinajstić information content (AvgIpc) is 2.86. The van der Waals surface area contributed by atoms with E-state index in [1.165, 1.54) is 12.1 Å². The van der Waals surface area contributed by atoms with Gasteiger partial charge in [-0.05, 0) is 23.8 Å². The molecule has 0 spiro atoms. The maximum absolute atomic E-state index is 11.6. The van der Waals surface area contributed by atoms with Crippen LogP contribution in [0.1, 0.15) is 21.9 Å². The Kier molecular flexibility index (Phi) is 3.92. The highest BCUT2D eigenvalue weighted by Gasteiger charge is 2.09. The summed E-state index contributed by atoms with van der Waals surface area (Å²) in [7, 11) is 0. The lowest BCUT2D eigenvalue weighted by Crippen LogP contribution is -2.24. The Balaban J connectivity index is 1.84. The van der Waals surface area contributed by atoms with Gasteiger partial charge in [0.2, 0.25) is 11.7 Å². The summed E-state index contributed by atoms with van der Waals surface area (Å²) in [6.45, 7) is 0.159. The van der Waals surface area contributed by atoms with Gasteiger partial charge in [0.15, 0.2) is 0 Å². The molecule has 2 rings (SSSR count). The van der Waals surface area contributed by atoms with Gasteiger partial charge in [-0.1, -0.05) is 6.07 Å². The fourth-order valence-corrected chi connectivity index (χ4v) is 1.52. The fraction of sp³-hybridized carbons (Fsp3) is 0.154. The van der Waals surface area contributed by atoms with Crippen molar-refractivity contribution in [1.82, 2.24) is 10.3 Å². The highest BCUT2D eigenvalue weighted by atomic mass is 16.4. The molecule has 2 aromatic rings. The minimum atomic E-state index is -1.13. The van der Waals surface area contributed by atoms with Crippen LogP contribution in [0.2, 0.25) is 0 Å². The summed E-state index contributed by atoms with van der Waals surface area (Å²) in [5.74, 6) is -1.05. The lowest BCUT2D eigenvalue weighted by Gasteiger charge is -2.02. The summed E-state index contributed by atoms with van der Waals surface area (Å²) in [6.07, 6.45) is 3.48. The first kappa shape index (κ1) is 12.8. The topological polar surface area (TPSA) is 92.4 Å². The third-order valence-corrected chi connectivity index (χ3v) is 2.42. The first-order valence-electron chi connectivity index (χ1n) is 5.63. The SMILES string of the molecule is O=C(Cc1cccnc1)NCc1ccc(C(=O)O)o1. The monoisotopic (exact) mass is 260 g/mol. The molecule has 0 radical (unpaired) electrons. The molecule has 6 heteroatoms. The van der Waals surface area contributed by atoms with Crippen molar-refractivity contribution in [2.45, 2.75) is 13.0 Å². The Morgan fingerprint density at radius 3 is 2.79 bits per heavy atom. The maximum Gasteiger partial charge on any atom is 0.371 e. The predicted molar refractivity (Wildman–Crippen MR) is 65.5 cm³/mol. The first-order chi connectivity index (χ1) is 9.15. The molecule has 2 N–H and O–H groups in total.